The normalized spacial score (nSPS) is 13.3. The number of hydrogen-bond acceptors (Lipinski definition) is 1. The molecular weight excluding hydrogens is 693 g/mol. The highest BCUT2D eigenvalue weighted by Crippen LogP contribution is 2.54. The van der Waals surface area contributed by atoms with Crippen molar-refractivity contribution in [2.75, 3.05) is 0 Å². The standard InChI is InChI=1S/C55H36S/c1-55(2)48-21-10-9-15-40(48)46-30-31-49-52(53(46)55)47-29-27-37-32-36(26-28-39(37)54(47)56-49)33-22-24-35(25-23-33)50-42-16-5-7-18-44(42)51(45-19-8-6-17-43(45)50)41-20-11-13-34-12-3-4-14-38(34)41/h3-32H,1-2H3. The van der Waals surface area contributed by atoms with Gasteiger partial charge in [-0.25, -0.2) is 0 Å². The van der Waals surface area contributed by atoms with Gasteiger partial charge in [0, 0.05) is 25.6 Å². The Kier molecular flexibility index (Phi) is 6.66. The maximum Gasteiger partial charge on any atom is 0.0433 e. The monoisotopic (exact) mass is 728 g/mol. The highest BCUT2D eigenvalue weighted by Gasteiger charge is 2.37. The molecule has 1 heterocycles. The molecule has 1 aromatic heterocycles. The topological polar surface area (TPSA) is 0 Å². The summed E-state index contributed by atoms with van der Waals surface area (Å²) in [5, 5.41) is 13.1. The van der Waals surface area contributed by atoms with Crippen LogP contribution in [0.2, 0.25) is 0 Å². The summed E-state index contributed by atoms with van der Waals surface area (Å²) in [4.78, 5) is 0. The highest BCUT2D eigenvalue weighted by atomic mass is 32.1. The first-order valence-corrected chi connectivity index (χ1v) is 20.4. The largest absolute Gasteiger partial charge is 0.135 e. The van der Waals surface area contributed by atoms with E-state index in [0.717, 1.165) is 0 Å². The quantitative estimate of drug-likeness (QED) is 0.159. The summed E-state index contributed by atoms with van der Waals surface area (Å²) in [5.74, 6) is 0. The van der Waals surface area contributed by atoms with E-state index in [1.165, 1.54) is 119 Å². The Hall–Kier alpha value is -6.54. The van der Waals surface area contributed by atoms with Crippen molar-refractivity contribution < 1.29 is 0 Å². The van der Waals surface area contributed by atoms with Crippen LogP contribution in [0, 0.1) is 0 Å². The van der Waals surface area contributed by atoms with Gasteiger partial charge in [-0.3, -0.25) is 0 Å². The van der Waals surface area contributed by atoms with Gasteiger partial charge in [-0.15, -0.1) is 11.3 Å². The molecule has 0 bridgehead atoms. The lowest BCUT2D eigenvalue weighted by Gasteiger charge is -2.22. The van der Waals surface area contributed by atoms with Crippen molar-refractivity contribution in [2.45, 2.75) is 19.3 Å². The third kappa shape index (κ3) is 4.41. The van der Waals surface area contributed by atoms with Gasteiger partial charge in [-0.2, -0.15) is 0 Å². The SMILES string of the molecule is CC1(C)c2ccccc2-c2ccc3sc4c5ccc(-c6ccc(-c7c8ccccc8c(-c8cccc9ccccc89)c8ccccc78)cc6)cc5ccc4c3c21. The zero-order valence-corrected chi connectivity index (χ0v) is 32.0. The molecule has 0 fully saturated rings. The maximum absolute atomic E-state index is 2.39. The van der Waals surface area contributed by atoms with Crippen molar-refractivity contribution in [3.8, 4) is 44.5 Å². The maximum atomic E-state index is 2.39. The molecule has 0 amide bonds. The van der Waals surface area contributed by atoms with Gasteiger partial charge in [-0.05, 0) is 111 Å². The molecule has 10 aromatic carbocycles. The fourth-order valence-corrected chi connectivity index (χ4v) is 11.4. The molecule has 12 rings (SSSR count). The Morgan fingerprint density at radius 3 is 1.73 bits per heavy atom. The van der Waals surface area contributed by atoms with E-state index in [1.807, 2.05) is 11.3 Å². The molecule has 262 valence electrons. The third-order valence-corrected chi connectivity index (χ3v) is 13.8. The Morgan fingerprint density at radius 2 is 0.964 bits per heavy atom. The van der Waals surface area contributed by atoms with Gasteiger partial charge in [0.25, 0.3) is 0 Å². The zero-order valence-electron chi connectivity index (χ0n) is 31.2. The second-order valence-electron chi connectivity index (χ2n) is 16.0. The summed E-state index contributed by atoms with van der Waals surface area (Å²) in [6.07, 6.45) is 0. The molecule has 1 heteroatoms. The van der Waals surface area contributed by atoms with E-state index in [0.29, 0.717) is 0 Å². The fraction of sp³-hybridized carbons (Fsp3) is 0.0545. The number of benzene rings is 10. The second-order valence-corrected chi connectivity index (χ2v) is 17.0. The van der Waals surface area contributed by atoms with Gasteiger partial charge in [0.15, 0.2) is 0 Å². The van der Waals surface area contributed by atoms with Crippen LogP contribution < -0.4 is 0 Å². The molecule has 0 spiro atoms. The summed E-state index contributed by atoms with van der Waals surface area (Å²) in [6.45, 7) is 4.79. The van der Waals surface area contributed by atoms with Crippen molar-refractivity contribution in [3.05, 3.63) is 193 Å². The zero-order chi connectivity index (χ0) is 37.1. The molecular formula is C55H36S. The van der Waals surface area contributed by atoms with Crippen LogP contribution in [0.5, 0.6) is 0 Å². The minimum absolute atomic E-state index is 0.0399. The van der Waals surface area contributed by atoms with Crippen molar-refractivity contribution >= 4 is 74.6 Å². The highest BCUT2D eigenvalue weighted by molar-refractivity contribution is 7.26. The predicted molar refractivity (Wildman–Crippen MR) is 243 cm³/mol. The van der Waals surface area contributed by atoms with Gasteiger partial charge in [0.05, 0.1) is 0 Å². The minimum atomic E-state index is -0.0399. The third-order valence-electron chi connectivity index (χ3n) is 12.6. The van der Waals surface area contributed by atoms with E-state index < -0.39 is 0 Å². The first-order valence-electron chi connectivity index (χ1n) is 19.6. The van der Waals surface area contributed by atoms with Crippen LogP contribution in [0.4, 0.5) is 0 Å². The van der Waals surface area contributed by atoms with E-state index in [-0.39, 0.29) is 5.41 Å². The Balaban J connectivity index is 0.975. The minimum Gasteiger partial charge on any atom is -0.135 e. The molecule has 0 N–H and O–H groups in total. The predicted octanol–water partition coefficient (Wildman–Crippen LogP) is 16.0. The average Bonchev–Trinajstić information content (AvgIpc) is 3.74. The van der Waals surface area contributed by atoms with Gasteiger partial charge < -0.3 is 0 Å². The average molecular weight is 729 g/mol. The molecule has 0 atom stereocenters. The summed E-state index contributed by atoms with van der Waals surface area (Å²) in [7, 11) is 0. The number of rotatable bonds is 3. The van der Waals surface area contributed by atoms with Crippen molar-refractivity contribution in [2.24, 2.45) is 0 Å². The molecule has 0 saturated heterocycles. The Labute approximate surface area is 329 Å². The summed E-state index contributed by atoms with van der Waals surface area (Å²) in [6, 6.07) is 68.0. The van der Waals surface area contributed by atoms with Gasteiger partial charge in [0.2, 0.25) is 0 Å². The van der Waals surface area contributed by atoms with Gasteiger partial charge in [-0.1, -0.05) is 184 Å². The van der Waals surface area contributed by atoms with E-state index in [2.05, 4.69) is 196 Å². The first kappa shape index (κ1) is 31.8. The molecule has 0 saturated carbocycles. The molecule has 0 radical (unpaired) electrons. The Morgan fingerprint density at radius 1 is 0.375 bits per heavy atom. The van der Waals surface area contributed by atoms with Crippen LogP contribution in [0.15, 0.2) is 182 Å². The van der Waals surface area contributed by atoms with Gasteiger partial charge >= 0.3 is 0 Å². The molecule has 1 aliphatic carbocycles. The van der Waals surface area contributed by atoms with Crippen molar-refractivity contribution in [3.63, 3.8) is 0 Å². The smallest absolute Gasteiger partial charge is 0.0433 e. The number of hydrogen-bond donors (Lipinski definition) is 0. The molecule has 1 aliphatic rings. The van der Waals surface area contributed by atoms with E-state index >= 15 is 0 Å². The van der Waals surface area contributed by atoms with Crippen molar-refractivity contribution in [1.29, 1.82) is 0 Å². The number of fused-ring (bicyclic) bond motifs is 12. The fourth-order valence-electron chi connectivity index (χ4n) is 10.1. The van der Waals surface area contributed by atoms with E-state index in [9.17, 15) is 0 Å². The second kappa shape index (κ2) is 11.7. The molecule has 56 heavy (non-hydrogen) atoms. The van der Waals surface area contributed by atoms with E-state index in [4.69, 9.17) is 0 Å². The van der Waals surface area contributed by atoms with Crippen LogP contribution in [0.25, 0.3) is 108 Å². The van der Waals surface area contributed by atoms with Crippen LogP contribution >= 0.6 is 11.3 Å². The molecule has 0 nitrogen and oxygen atoms in total. The van der Waals surface area contributed by atoms with E-state index in [1.54, 1.807) is 0 Å². The number of thiophene rings is 1. The van der Waals surface area contributed by atoms with Gasteiger partial charge in [0.1, 0.15) is 0 Å². The van der Waals surface area contributed by atoms with Crippen LogP contribution in [-0.2, 0) is 5.41 Å². The molecule has 0 unspecified atom stereocenters. The summed E-state index contributed by atoms with van der Waals surface area (Å²) in [5.41, 5.74) is 13.2. The first-order chi connectivity index (χ1) is 27.5. The molecule has 0 aliphatic heterocycles. The van der Waals surface area contributed by atoms with Crippen LogP contribution in [-0.4, -0.2) is 0 Å². The summed E-state index contributed by atoms with van der Waals surface area (Å²) >= 11 is 1.94. The molecule has 11 aromatic rings. The lowest BCUT2D eigenvalue weighted by atomic mass is 9.80. The lowest BCUT2D eigenvalue weighted by Crippen LogP contribution is -2.15. The lowest BCUT2D eigenvalue weighted by molar-refractivity contribution is 0.667. The Bertz CT molecular complexity index is 3370. The van der Waals surface area contributed by atoms with Crippen LogP contribution in [0.3, 0.4) is 0 Å². The van der Waals surface area contributed by atoms with Crippen molar-refractivity contribution in [1.82, 2.24) is 0 Å². The van der Waals surface area contributed by atoms with Crippen LogP contribution in [0.1, 0.15) is 25.0 Å². The summed E-state index contributed by atoms with van der Waals surface area (Å²) < 4.78 is 2.75.